The van der Waals surface area contributed by atoms with Crippen LogP contribution in [0.2, 0.25) is 0 Å². The SMILES string of the molecule is C=C1CC[C@@H]2[C@@](C)(COC(C)=O)CCC[C@]2(C)[C@H]1CC/C(C)=C/C(=O)OC. The van der Waals surface area contributed by atoms with Crippen LogP contribution in [0.4, 0.5) is 0 Å². The molecular weight excluding hydrogens is 340 g/mol. The van der Waals surface area contributed by atoms with E-state index in [-0.39, 0.29) is 22.8 Å². The van der Waals surface area contributed by atoms with Crippen molar-refractivity contribution in [3.63, 3.8) is 0 Å². The third kappa shape index (κ3) is 4.83. The van der Waals surface area contributed by atoms with Gasteiger partial charge in [0.15, 0.2) is 0 Å². The monoisotopic (exact) mass is 376 g/mol. The molecule has 0 spiro atoms. The molecule has 2 rings (SSSR count). The van der Waals surface area contributed by atoms with E-state index in [0.29, 0.717) is 18.4 Å². The summed E-state index contributed by atoms with van der Waals surface area (Å²) in [6.45, 7) is 13.1. The molecule has 0 aromatic rings. The zero-order chi connectivity index (χ0) is 20.2. The maximum Gasteiger partial charge on any atom is 0.330 e. The lowest BCUT2D eigenvalue weighted by Gasteiger charge is -2.58. The Morgan fingerprint density at radius 1 is 1.26 bits per heavy atom. The second-order valence-electron chi connectivity index (χ2n) is 9.15. The van der Waals surface area contributed by atoms with Crippen molar-refractivity contribution in [2.45, 2.75) is 72.6 Å². The lowest BCUT2D eigenvalue weighted by molar-refractivity contribution is -0.152. The number of allylic oxidation sites excluding steroid dienone is 2. The Morgan fingerprint density at radius 2 is 1.96 bits per heavy atom. The van der Waals surface area contributed by atoms with Crippen molar-refractivity contribution in [2.24, 2.45) is 22.7 Å². The molecule has 0 aromatic heterocycles. The molecule has 0 heterocycles. The van der Waals surface area contributed by atoms with Crippen molar-refractivity contribution in [2.75, 3.05) is 13.7 Å². The molecule has 0 aromatic carbocycles. The van der Waals surface area contributed by atoms with Crippen LogP contribution < -0.4 is 0 Å². The minimum atomic E-state index is -0.286. The molecule has 4 heteroatoms. The van der Waals surface area contributed by atoms with Gasteiger partial charge in [-0.2, -0.15) is 0 Å². The normalized spacial score (nSPS) is 34.0. The molecule has 4 nitrogen and oxygen atoms in total. The molecule has 2 fully saturated rings. The van der Waals surface area contributed by atoms with Crippen LogP contribution >= 0.6 is 0 Å². The largest absolute Gasteiger partial charge is 0.466 e. The maximum absolute atomic E-state index is 11.5. The highest BCUT2D eigenvalue weighted by atomic mass is 16.5. The second-order valence-corrected chi connectivity index (χ2v) is 9.15. The fourth-order valence-electron chi connectivity index (χ4n) is 5.76. The number of esters is 2. The van der Waals surface area contributed by atoms with E-state index in [1.807, 2.05) is 6.92 Å². The Hall–Kier alpha value is -1.58. The van der Waals surface area contributed by atoms with Gasteiger partial charge in [0.05, 0.1) is 13.7 Å². The maximum atomic E-state index is 11.5. The number of carbonyl (C=O) groups excluding carboxylic acids is 2. The third-order valence-corrected chi connectivity index (χ3v) is 7.14. The van der Waals surface area contributed by atoms with Crippen LogP contribution in [0.15, 0.2) is 23.8 Å². The number of hydrogen-bond donors (Lipinski definition) is 0. The molecule has 27 heavy (non-hydrogen) atoms. The summed E-state index contributed by atoms with van der Waals surface area (Å²) >= 11 is 0. The Labute approximate surface area is 164 Å². The Kier molecular flexibility index (Phi) is 6.93. The van der Waals surface area contributed by atoms with Gasteiger partial charge in [0.1, 0.15) is 0 Å². The molecule has 0 radical (unpaired) electrons. The van der Waals surface area contributed by atoms with Gasteiger partial charge < -0.3 is 9.47 Å². The van der Waals surface area contributed by atoms with E-state index in [9.17, 15) is 9.59 Å². The molecule has 2 saturated carbocycles. The van der Waals surface area contributed by atoms with Crippen molar-refractivity contribution < 1.29 is 19.1 Å². The molecule has 0 aliphatic heterocycles. The first kappa shape index (κ1) is 21.7. The summed E-state index contributed by atoms with van der Waals surface area (Å²) in [5.41, 5.74) is 2.61. The first-order valence-corrected chi connectivity index (χ1v) is 10.2. The van der Waals surface area contributed by atoms with Crippen LogP contribution in [-0.2, 0) is 19.1 Å². The summed E-state index contributed by atoms with van der Waals surface area (Å²) in [7, 11) is 1.41. The van der Waals surface area contributed by atoms with Gasteiger partial charge in [-0.05, 0) is 62.7 Å². The number of methoxy groups -OCH3 is 1. The molecule has 2 aliphatic rings. The lowest BCUT2D eigenvalue weighted by atomic mass is 9.47. The van der Waals surface area contributed by atoms with Crippen molar-refractivity contribution in [3.05, 3.63) is 23.8 Å². The first-order valence-electron chi connectivity index (χ1n) is 10.2. The molecule has 0 unspecified atom stereocenters. The van der Waals surface area contributed by atoms with Gasteiger partial charge in [-0.3, -0.25) is 4.79 Å². The summed E-state index contributed by atoms with van der Waals surface area (Å²) in [4.78, 5) is 22.9. The van der Waals surface area contributed by atoms with Gasteiger partial charge in [0.25, 0.3) is 0 Å². The zero-order valence-corrected chi connectivity index (χ0v) is 17.7. The molecule has 4 atom stereocenters. The van der Waals surface area contributed by atoms with E-state index in [1.54, 1.807) is 6.08 Å². The summed E-state index contributed by atoms with van der Waals surface area (Å²) in [5, 5.41) is 0. The van der Waals surface area contributed by atoms with Gasteiger partial charge in [0, 0.05) is 18.4 Å². The van der Waals surface area contributed by atoms with Crippen LogP contribution in [0, 0.1) is 22.7 Å². The van der Waals surface area contributed by atoms with E-state index >= 15 is 0 Å². The summed E-state index contributed by atoms with van der Waals surface area (Å²) in [6.07, 6.45) is 9.11. The Balaban J connectivity index is 2.18. The average molecular weight is 377 g/mol. The van der Waals surface area contributed by atoms with E-state index in [0.717, 1.165) is 44.1 Å². The number of hydrogen-bond acceptors (Lipinski definition) is 4. The van der Waals surface area contributed by atoms with Gasteiger partial charge in [-0.1, -0.05) is 38.0 Å². The molecule has 152 valence electrons. The average Bonchev–Trinajstić information content (AvgIpc) is 2.59. The summed E-state index contributed by atoms with van der Waals surface area (Å²) < 4.78 is 10.2. The van der Waals surface area contributed by atoms with Crippen LogP contribution in [0.3, 0.4) is 0 Å². The van der Waals surface area contributed by atoms with Crippen LogP contribution in [0.5, 0.6) is 0 Å². The fraction of sp³-hybridized carbons (Fsp3) is 0.739. The highest BCUT2D eigenvalue weighted by Crippen LogP contribution is 2.62. The molecule has 0 bridgehead atoms. The smallest absolute Gasteiger partial charge is 0.330 e. The van der Waals surface area contributed by atoms with Gasteiger partial charge >= 0.3 is 11.9 Å². The third-order valence-electron chi connectivity index (χ3n) is 7.14. The zero-order valence-electron chi connectivity index (χ0n) is 17.7. The highest BCUT2D eigenvalue weighted by molar-refractivity contribution is 5.82. The topological polar surface area (TPSA) is 52.6 Å². The minimum absolute atomic E-state index is 0.0362. The first-order chi connectivity index (χ1) is 12.6. The molecular formula is C23H36O4. The molecule has 0 N–H and O–H groups in total. The Bertz CT molecular complexity index is 620. The van der Waals surface area contributed by atoms with Crippen LogP contribution in [0.25, 0.3) is 0 Å². The van der Waals surface area contributed by atoms with Gasteiger partial charge in [-0.25, -0.2) is 4.79 Å². The number of carbonyl (C=O) groups is 2. The lowest BCUT2D eigenvalue weighted by Crippen LogP contribution is -2.52. The quantitative estimate of drug-likeness (QED) is 0.362. The van der Waals surface area contributed by atoms with Crippen molar-refractivity contribution >= 4 is 11.9 Å². The number of rotatable bonds is 6. The summed E-state index contributed by atoms with van der Waals surface area (Å²) in [5.74, 6) is 0.488. The van der Waals surface area contributed by atoms with E-state index in [4.69, 9.17) is 9.47 Å². The van der Waals surface area contributed by atoms with E-state index < -0.39 is 0 Å². The van der Waals surface area contributed by atoms with E-state index in [2.05, 4.69) is 20.4 Å². The van der Waals surface area contributed by atoms with Gasteiger partial charge in [0.2, 0.25) is 0 Å². The Morgan fingerprint density at radius 3 is 2.59 bits per heavy atom. The highest BCUT2D eigenvalue weighted by Gasteiger charge is 2.54. The van der Waals surface area contributed by atoms with Crippen molar-refractivity contribution in [1.29, 1.82) is 0 Å². The fourth-order valence-corrected chi connectivity index (χ4v) is 5.76. The second kappa shape index (κ2) is 8.62. The van der Waals surface area contributed by atoms with Gasteiger partial charge in [-0.15, -0.1) is 0 Å². The molecule has 2 aliphatic carbocycles. The van der Waals surface area contributed by atoms with Crippen LogP contribution in [-0.4, -0.2) is 25.7 Å². The predicted molar refractivity (Wildman–Crippen MR) is 107 cm³/mol. The van der Waals surface area contributed by atoms with E-state index in [1.165, 1.54) is 26.0 Å². The number of ether oxygens (including phenoxy) is 2. The van der Waals surface area contributed by atoms with Crippen molar-refractivity contribution in [1.82, 2.24) is 0 Å². The van der Waals surface area contributed by atoms with Crippen molar-refractivity contribution in [3.8, 4) is 0 Å². The summed E-state index contributed by atoms with van der Waals surface area (Å²) in [6, 6.07) is 0. The minimum Gasteiger partial charge on any atom is -0.466 e. The van der Waals surface area contributed by atoms with Crippen LogP contribution in [0.1, 0.15) is 72.6 Å². The predicted octanol–water partition coefficient (Wildman–Crippen LogP) is 5.23. The molecule has 0 saturated heterocycles. The molecule has 0 amide bonds. The standard InChI is InChI=1S/C23H36O4/c1-16(14-21(25)26-6)8-10-19-17(2)9-11-20-22(4,15-27-18(3)24)12-7-13-23(19,20)5/h14,19-20H,2,7-13,15H2,1,3-6H3/b16-14+/t19-,20+,22+,23+/m0/s1. The number of fused-ring (bicyclic) bond motifs is 1.